The second kappa shape index (κ2) is 8.05. The molecule has 5 rings (SSSR count). The van der Waals surface area contributed by atoms with E-state index in [1.54, 1.807) is 0 Å². The van der Waals surface area contributed by atoms with Crippen LogP contribution in [0.2, 0.25) is 0 Å². The van der Waals surface area contributed by atoms with Gasteiger partial charge in [0.25, 0.3) is 5.56 Å². The normalized spacial score (nSPS) is 24.3. The molecule has 2 unspecified atom stereocenters. The standard InChI is InChI=1S/C20H21N3O4.C2HF3O2/c1-8-4-9-5-10(23-6-12-13(7-23)16(12)21)2-3-11(9)17-14(8)18(24)15(20(26)27)19(25)22-17;3-2(4,5)1(6)7/h2-3,5,8,12-13,16H,4,6-7,21H2,1H3,(H,26,27)(H2,22,24,25);(H,6,7)/t8?,12-,13+,16?;. The molecular weight excluding hydrogens is 459 g/mol. The van der Waals surface area contributed by atoms with E-state index in [1.165, 1.54) is 0 Å². The number of aromatic amines is 1. The highest BCUT2D eigenvalue weighted by Gasteiger charge is 2.53. The van der Waals surface area contributed by atoms with Crippen molar-refractivity contribution in [2.75, 3.05) is 18.0 Å². The van der Waals surface area contributed by atoms with Crippen molar-refractivity contribution in [2.45, 2.75) is 31.5 Å². The number of alkyl halides is 3. The van der Waals surface area contributed by atoms with Gasteiger partial charge in [0.2, 0.25) is 0 Å². The van der Waals surface area contributed by atoms with Crippen LogP contribution in [0.3, 0.4) is 0 Å². The number of hydrogen-bond acceptors (Lipinski definition) is 6. The molecule has 1 saturated heterocycles. The molecule has 2 heterocycles. The monoisotopic (exact) mass is 481 g/mol. The Hall–Kier alpha value is -3.54. The number of nitrogens with two attached hydrogens (primary N) is 1. The molecule has 182 valence electrons. The van der Waals surface area contributed by atoms with Crippen LogP contribution >= 0.6 is 0 Å². The van der Waals surface area contributed by atoms with Gasteiger partial charge in [-0.25, -0.2) is 9.59 Å². The predicted octanol–water partition coefficient (Wildman–Crippen LogP) is 2.13. The van der Waals surface area contributed by atoms with Crippen molar-refractivity contribution in [1.29, 1.82) is 0 Å². The zero-order valence-corrected chi connectivity index (χ0v) is 17.9. The maximum atomic E-state index is 12.2. The summed E-state index contributed by atoms with van der Waals surface area (Å²) in [7, 11) is 0. The highest BCUT2D eigenvalue weighted by atomic mass is 19.4. The van der Waals surface area contributed by atoms with Crippen molar-refractivity contribution in [1.82, 2.24) is 4.98 Å². The Bertz CT molecular complexity index is 1230. The first-order valence-electron chi connectivity index (χ1n) is 10.5. The van der Waals surface area contributed by atoms with E-state index in [9.17, 15) is 33.0 Å². The Morgan fingerprint density at radius 2 is 1.76 bits per heavy atom. The number of carboxylic acid groups (broad SMARTS) is 2. The number of anilines is 1. The predicted molar refractivity (Wildman–Crippen MR) is 114 cm³/mol. The van der Waals surface area contributed by atoms with E-state index < -0.39 is 35.0 Å². The molecular formula is C22H22F3N3O6. The van der Waals surface area contributed by atoms with Gasteiger partial charge in [-0.1, -0.05) is 13.0 Å². The van der Waals surface area contributed by atoms with Gasteiger partial charge in [-0.3, -0.25) is 4.79 Å². The molecule has 1 saturated carbocycles. The second-order valence-corrected chi connectivity index (χ2v) is 8.83. The van der Waals surface area contributed by atoms with E-state index in [1.807, 2.05) is 19.1 Å². The Labute approximate surface area is 190 Å². The number of aromatic carboxylic acids is 1. The molecule has 2 aliphatic carbocycles. The van der Waals surface area contributed by atoms with Gasteiger partial charge in [0.1, 0.15) is 5.75 Å². The molecule has 12 heteroatoms. The SMILES string of the molecule is CC1Cc2cc(N3C[C@@H]4C(N)[C@@H]4C3)ccc2-c2[nH]c(=O)c(C(=O)O)c(O)c21.O=C(O)C(F)(F)F. The third kappa shape index (κ3) is 3.98. The van der Waals surface area contributed by atoms with Gasteiger partial charge in [-0.05, 0) is 41.9 Å². The molecule has 2 aromatic rings. The van der Waals surface area contributed by atoms with Crippen molar-refractivity contribution < 1.29 is 38.1 Å². The molecule has 0 bridgehead atoms. The van der Waals surface area contributed by atoms with Crippen molar-refractivity contribution in [2.24, 2.45) is 17.6 Å². The summed E-state index contributed by atoms with van der Waals surface area (Å²) >= 11 is 0. The number of benzene rings is 1. The van der Waals surface area contributed by atoms with Crippen LogP contribution in [-0.4, -0.2) is 57.5 Å². The molecule has 0 radical (unpaired) electrons. The number of fused-ring (bicyclic) bond motifs is 4. The topological polar surface area (TPSA) is 157 Å². The Morgan fingerprint density at radius 1 is 1.18 bits per heavy atom. The van der Waals surface area contributed by atoms with E-state index in [4.69, 9.17) is 15.6 Å². The number of aliphatic carboxylic acids is 1. The van der Waals surface area contributed by atoms with Crippen molar-refractivity contribution in [3.63, 3.8) is 0 Å². The molecule has 4 atom stereocenters. The number of aromatic hydroxyl groups is 1. The number of rotatable bonds is 2. The summed E-state index contributed by atoms with van der Waals surface area (Å²) in [5.41, 5.74) is 8.77. The lowest BCUT2D eigenvalue weighted by molar-refractivity contribution is -0.192. The first-order chi connectivity index (χ1) is 15.8. The van der Waals surface area contributed by atoms with Gasteiger partial charge >= 0.3 is 18.1 Å². The van der Waals surface area contributed by atoms with Crippen LogP contribution < -0.4 is 16.2 Å². The number of nitrogens with zero attached hydrogens (tertiary/aromatic N) is 1. The van der Waals surface area contributed by atoms with Crippen LogP contribution in [0.15, 0.2) is 23.0 Å². The number of hydrogen-bond donors (Lipinski definition) is 5. The summed E-state index contributed by atoms with van der Waals surface area (Å²) in [4.78, 5) is 37.5. The minimum absolute atomic E-state index is 0.0990. The number of H-pyrrole nitrogens is 1. The minimum Gasteiger partial charge on any atom is -0.506 e. The van der Waals surface area contributed by atoms with Crippen molar-refractivity contribution >= 4 is 17.6 Å². The van der Waals surface area contributed by atoms with Gasteiger partial charge < -0.3 is 30.9 Å². The smallest absolute Gasteiger partial charge is 0.490 e. The fourth-order valence-corrected chi connectivity index (χ4v) is 4.90. The van der Waals surface area contributed by atoms with Gasteiger partial charge in [0, 0.05) is 35.9 Å². The molecule has 2 fully saturated rings. The molecule has 3 aliphatic rings. The lowest BCUT2D eigenvalue weighted by Gasteiger charge is -2.28. The highest BCUT2D eigenvalue weighted by Crippen LogP contribution is 2.47. The van der Waals surface area contributed by atoms with Gasteiger partial charge in [-0.2, -0.15) is 13.2 Å². The molecule has 1 aromatic heterocycles. The molecule has 0 spiro atoms. The van der Waals surface area contributed by atoms with E-state index in [0.29, 0.717) is 35.6 Å². The minimum atomic E-state index is -5.08. The van der Waals surface area contributed by atoms with Crippen LogP contribution in [0.4, 0.5) is 18.9 Å². The number of nitrogens with one attached hydrogen (secondary N) is 1. The van der Waals surface area contributed by atoms with Gasteiger partial charge in [-0.15, -0.1) is 0 Å². The van der Waals surface area contributed by atoms with Gasteiger partial charge in [0.05, 0.1) is 5.69 Å². The average molecular weight is 481 g/mol. The number of pyridine rings is 1. The van der Waals surface area contributed by atoms with Crippen molar-refractivity contribution in [3.8, 4) is 17.0 Å². The molecule has 34 heavy (non-hydrogen) atoms. The fraction of sp³-hybridized carbons (Fsp3) is 0.409. The van der Waals surface area contributed by atoms with Crippen LogP contribution in [0.1, 0.15) is 34.3 Å². The first-order valence-corrected chi connectivity index (χ1v) is 10.5. The lowest BCUT2D eigenvalue weighted by atomic mass is 9.81. The Morgan fingerprint density at radius 3 is 2.29 bits per heavy atom. The quantitative estimate of drug-likeness (QED) is 0.437. The zero-order chi connectivity index (χ0) is 25.1. The van der Waals surface area contributed by atoms with E-state index in [2.05, 4.69) is 16.0 Å². The Balaban J connectivity index is 0.000000344. The third-order valence-corrected chi connectivity index (χ3v) is 6.69. The van der Waals surface area contributed by atoms with Crippen LogP contribution in [-0.2, 0) is 11.2 Å². The Kier molecular flexibility index (Phi) is 5.59. The van der Waals surface area contributed by atoms with E-state index in [-0.39, 0.29) is 5.92 Å². The van der Waals surface area contributed by atoms with Crippen LogP contribution in [0.5, 0.6) is 5.75 Å². The third-order valence-electron chi connectivity index (χ3n) is 6.69. The van der Waals surface area contributed by atoms with E-state index in [0.717, 1.165) is 29.9 Å². The number of halogens is 3. The summed E-state index contributed by atoms with van der Waals surface area (Å²) in [5.74, 6) is -3.50. The summed E-state index contributed by atoms with van der Waals surface area (Å²) < 4.78 is 31.7. The second-order valence-electron chi connectivity index (χ2n) is 8.83. The van der Waals surface area contributed by atoms with E-state index >= 15 is 0 Å². The molecule has 0 amide bonds. The van der Waals surface area contributed by atoms with Crippen LogP contribution in [0, 0.1) is 11.8 Å². The number of piperidine rings is 1. The molecule has 6 N–H and O–H groups in total. The number of aromatic nitrogens is 1. The molecule has 1 aliphatic heterocycles. The summed E-state index contributed by atoms with van der Waals surface area (Å²) in [5, 5.41) is 26.8. The highest BCUT2D eigenvalue weighted by molar-refractivity contribution is 5.92. The lowest BCUT2D eigenvalue weighted by Crippen LogP contribution is -2.28. The number of carboxylic acids is 2. The van der Waals surface area contributed by atoms with Crippen LogP contribution in [0.25, 0.3) is 11.3 Å². The number of carbonyl (C=O) groups is 2. The summed E-state index contributed by atoms with van der Waals surface area (Å²) in [6, 6.07) is 6.47. The maximum absolute atomic E-state index is 12.2. The maximum Gasteiger partial charge on any atom is 0.490 e. The van der Waals surface area contributed by atoms with Gasteiger partial charge in [0.15, 0.2) is 5.56 Å². The largest absolute Gasteiger partial charge is 0.506 e. The fourth-order valence-electron chi connectivity index (χ4n) is 4.90. The average Bonchev–Trinajstić information content (AvgIpc) is 3.12. The summed E-state index contributed by atoms with van der Waals surface area (Å²) in [6.07, 6.45) is -4.41. The first kappa shape index (κ1) is 23.6. The molecule has 1 aromatic carbocycles. The zero-order valence-electron chi connectivity index (χ0n) is 17.9. The molecule has 9 nitrogen and oxygen atoms in total. The summed E-state index contributed by atoms with van der Waals surface area (Å²) in [6.45, 7) is 3.90. The van der Waals surface area contributed by atoms with Crippen molar-refractivity contribution in [3.05, 3.63) is 45.2 Å².